The molecule has 1 aliphatic carbocycles. The van der Waals surface area contributed by atoms with Crippen molar-refractivity contribution in [3.05, 3.63) is 241 Å². The summed E-state index contributed by atoms with van der Waals surface area (Å²) in [5.41, 5.74) is 19.2. The number of rotatable bonds is 6. The van der Waals surface area contributed by atoms with Crippen molar-refractivity contribution in [1.82, 2.24) is 0 Å². The summed E-state index contributed by atoms with van der Waals surface area (Å²) in [5.74, 6) is 0. The van der Waals surface area contributed by atoms with Gasteiger partial charge in [-0.3, -0.25) is 0 Å². The van der Waals surface area contributed by atoms with Crippen molar-refractivity contribution >= 4 is 55.7 Å². The zero-order valence-electron chi connectivity index (χ0n) is 36.7. The van der Waals surface area contributed by atoms with Gasteiger partial charge >= 0.3 is 0 Å². The van der Waals surface area contributed by atoms with E-state index >= 15 is 0 Å². The van der Waals surface area contributed by atoms with Gasteiger partial charge in [0.1, 0.15) is 0 Å². The van der Waals surface area contributed by atoms with E-state index in [2.05, 4.69) is 256 Å². The van der Waals surface area contributed by atoms with Crippen LogP contribution in [0.25, 0.3) is 54.9 Å². The van der Waals surface area contributed by atoms with E-state index in [1.807, 2.05) is 0 Å². The molecule has 1 aliphatic heterocycles. The maximum absolute atomic E-state index is 2.57. The van der Waals surface area contributed by atoms with Gasteiger partial charge in [-0.05, 0) is 115 Å². The summed E-state index contributed by atoms with van der Waals surface area (Å²) in [6.45, 7) is 9.53. The van der Waals surface area contributed by atoms with Crippen LogP contribution in [0.3, 0.4) is 0 Å². The van der Waals surface area contributed by atoms with E-state index < -0.39 is 0 Å². The van der Waals surface area contributed by atoms with Crippen molar-refractivity contribution in [3.63, 3.8) is 0 Å². The quantitative estimate of drug-likeness (QED) is 0.165. The van der Waals surface area contributed by atoms with Crippen LogP contribution < -0.4 is 9.80 Å². The molecule has 0 aromatic heterocycles. The lowest BCUT2D eigenvalue weighted by atomic mass is 9.72. The fourth-order valence-corrected chi connectivity index (χ4v) is 10.9. The third-order valence-corrected chi connectivity index (χ3v) is 14.2. The van der Waals surface area contributed by atoms with Gasteiger partial charge in [-0.15, -0.1) is 0 Å². The van der Waals surface area contributed by atoms with E-state index in [1.54, 1.807) is 0 Å². The van der Waals surface area contributed by atoms with Crippen molar-refractivity contribution < 1.29 is 0 Å². The van der Waals surface area contributed by atoms with Gasteiger partial charge in [0.2, 0.25) is 0 Å². The lowest BCUT2D eigenvalue weighted by molar-refractivity contribution is 0.632. The molecule has 12 rings (SSSR count). The zero-order chi connectivity index (χ0) is 43.2. The number of fused-ring (bicyclic) bond motifs is 7. The fraction of sp³-hybridized carbons (Fsp3) is 0.0968. The van der Waals surface area contributed by atoms with Gasteiger partial charge in [0.05, 0.1) is 28.4 Å². The van der Waals surface area contributed by atoms with Crippen LogP contribution >= 0.6 is 0 Å². The number of anilines is 6. The van der Waals surface area contributed by atoms with E-state index in [-0.39, 0.29) is 10.8 Å². The Bertz CT molecular complexity index is 3470. The van der Waals surface area contributed by atoms with E-state index in [4.69, 9.17) is 0 Å². The van der Waals surface area contributed by atoms with Crippen LogP contribution in [0.5, 0.6) is 0 Å². The molecule has 10 aromatic carbocycles. The molecule has 2 nitrogen and oxygen atoms in total. The molecule has 0 amide bonds. The van der Waals surface area contributed by atoms with Crippen molar-refractivity contribution in [3.8, 4) is 33.4 Å². The van der Waals surface area contributed by atoms with Crippen LogP contribution in [0.1, 0.15) is 49.9 Å². The van der Waals surface area contributed by atoms with E-state index in [0.29, 0.717) is 0 Å². The molecule has 0 radical (unpaired) electrons. The largest absolute Gasteiger partial charge is 0.308 e. The molecule has 10 aromatic rings. The Morgan fingerprint density at radius 3 is 1.78 bits per heavy atom. The third kappa shape index (κ3) is 5.79. The first-order chi connectivity index (χ1) is 31.3. The van der Waals surface area contributed by atoms with E-state index in [1.165, 1.54) is 88.6 Å². The summed E-state index contributed by atoms with van der Waals surface area (Å²) in [7, 11) is 0. The summed E-state index contributed by atoms with van der Waals surface area (Å²) in [4.78, 5) is 5.11. The molecule has 0 unspecified atom stereocenters. The number of nitrogens with zero attached hydrogens (tertiary/aromatic N) is 2. The Hall–Kier alpha value is -7.68. The van der Waals surface area contributed by atoms with Gasteiger partial charge in [-0.25, -0.2) is 0 Å². The van der Waals surface area contributed by atoms with E-state index in [0.717, 1.165) is 22.7 Å². The Morgan fingerprint density at radius 1 is 0.344 bits per heavy atom. The molecule has 0 fully saturated rings. The molecule has 0 bridgehead atoms. The standard InChI is InChI=1S/C62H48N2/c1-61(2)52-26-14-12-25-50(52)51-35-34-47(40-54(51)61)63(56-28-16-13-23-48(56)42-19-6-5-7-20-42)59-37-32-43-21-10-11-24-49(43)60(59)64-57-29-17-15-27-53(57)62(3,4)55-39-46(33-36-58(55)64)45-31-30-41-18-8-9-22-44(41)38-45/h5-40H,1-4H3. The first-order valence-electron chi connectivity index (χ1n) is 22.5. The van der Waals surface area contributed by atoms with Gasteiger partial charge < -0.3 is 9.80 Å². The second-order valence-corrected chi connectivity index (χ2v) is 18.5. The van der Waals surface area contributed by atoms with Gasteiger partial charge in [0.15, 0.2) is 0 Å². The number of hydrogen-bond donors (Lipinski definition) is 0. The molecular formula is C62H48N2. The lowest BCUT2D eigenvalue weighted by Gasteiger charge is -2.44. The highest BCUT2D eigenvalue weighted by Crippen LogP contribution is 2.58. The highest BCUT2D eigenvalue weighted by molar-refractivity contribution is 6.09. The molecule has 2 heteroatoms. The van der Waals surface area contributed by atoms with Crippen LogP contribution in [0, 0.1) is 0 Å². The number of para-hydroxylation sites is 2. The van der Waals surface area contributed by atoms with Crippen molar-refractivity contribution in [2.45, 2.75) is 38.5 Å². The molecule has 0 spiro atoms. The predicted molar refractivity (Wildman–Crippen MR) is 271 cm³/mol. The minimum atomic E-state index is -0.278. The summed E-state index contributed by atoms with van der Waals surface area (Å²) >= 11 is 0. The monoisotopic (exact) mass is 820 g/mol. The van der Waals surface area contributed by atoms with Crippen molar-refractivity contribution in [2.75, 3.05) is 9.80 Å². The van der Waals surface area contributed by atoms with Crippen LogP contribution in [0.4, 0.5) is 34.1 Å². The first kappa shape index (κ1) is 38.0. The fourth-order valence-electron chi connectivity index (χ4n) is 10.9. The van der Waals surface area contributed by atoms with Crippen molar-refractivity contribution in [2.24, 2.45) is 0 Å². The van der Waals surface area contributed by atoms with Crippen LogP contribution in [0.15, 0.2) is 218 Å². The summed E-state index contributed by atoms with van der Waals surface area (Å²) in [6, 6.07) is 81.2. The van der Waals surface area contributed by atoms with Gasteiger partial charge in [-0.1, -0.05) is 198 Å². The molecule has 64 heavy (non-hydrogen) atoms. The van der Waals surface area contributed by atoms with Crippen LogP contribution in [-0.4, -0.2) is 0 Å². The maximum atomic E-state index is 2.57. The molecular weight excluding hydrogens is 773 g/mol. The molecule has 0 saturated carbocycles. The number of hydrogen-bond acceptors (Lipinski definition) is 2. The van der Waals surface area contributed by atoms with Crippen LogP contribution in [0.2, 0.25) is 0 Å². The Labute approximate surface area is 376 Å². The second-order valence-electron chi connectivity index (χ2n) is 18.5. The smallest absolute Gasteiger partial charge is 0.0781 e. The van der Waals surface area contributed by atoms with Gasteiger partial charge in [0.25, 0.3) is 0 Å². The third-order valence-electron chi connectivity index (χ3n) is 14.2. The van der Waals surface area contributed by atoms with Crippen LogP contribution in [-0.2, 0) is 10.8 Å². The highest BCUT2D eigenvalue weighted by atomic mass is 15.2. The van der Waals surface area contributed by atoms with E-state index in [9.17, 15) is 0 Å². The topological polar surface area (TPSA) is 6.48 Å². The first-order valence-corrected chi connectivity index (χ1v) is 22.5. The molecule has 0 atom stereocenters. The lowest BCUT2D eigenvalue weighted by Crippen LogP contribution is -2.31. The summed E-state index contributed by atoms with van der Waals surface area (Å²) in [5, 5.41) is 4.89. The predicted octanol–water partition coefficient (Wildman–Crippen LogP) is 17.2. The highest BCUT2D eigenvalue weighted by Gasteiger charge is 2.40. The summed E-state index contributed by atoms with van der Waals surface area (Å²) < 4.78 is 0. The Balaban J connectivity index is 1.15. The molecule has 1 heterocycles. The second kappa shape index (κ2) is 14.4. The maximum Gasteiger partial charge on any atom is 0.0781 e. The summed E-state index contributed by atoms with van der Waals surface area (Å²) in [6.07, 6.45) is 0. The normalized spacial score (nSPS) is 14.2. The molecule has 306 valence electrons. The molecule has 2 aliphatic rings. The average molecular weight is 821 g/mol. The average Bonchev–Trinajstić information content (AvgIpc) is 3.57. The Kier molecular flexibility index (Phi) is 8.58. The zero-order valence-corrected chi connectivity index (χ0v) is 36.7. The van der Waals surface area contributed by atoms with Gasteiger partial charge in [0, 0.05) is 27.5 Å². The molecule has 0 N–H and O–H groups in total. The number of benzene rings is 10. The minimum absolute atomic E-state index is 0.169. The molecule has 0 saturated heterocycles. The Morgan fingerprint density at radius 2 is 0.938 bits per heavy atom. The van der Waals surface area contributed by atoms with Gasteiger partial charge in [-0.2, -0.15) is 0 Å². The SMILES string of the molecule is CC1(C)c2ccccc2-c2ccc(N(c3ccccc3-c3ccccc3)c3ccc4ccccc4c3N3c4ccccc4C(C)(C)c4cc(-c5ccc6ccccc6c5)ccc43)cc21. The van der Waals surface area contributed by atoms with Crippen molar-refractivity contribution in [1.29, 1.82) is 0 Å². The minimum Gasteiger partial charge on any atom is -0.308 e.